The summed E-state index contributed by atoms with van der Waals surface area (Å²) in [6.07, 6.45) is 14.3. The van der Waals surface area contributed by atoms with Crippen LogP contribution in [0.25, 0.3) is 0 Å². The monoisotopic (exact) mass is 658 g/mol. The molecule has 1 aromatic heterocycles. The van der Waals surface area contributed by atoms with Gasteiger partial charge in [0, 0.05) is 62.1 Å². The van der Waals surface area contributed by atoms with E-state index in [4.69, 9.17) is 32.4 Å². The van der Waals surface area contributed by atoms with Crippen LogP contribution in [0.15, 0.2) is 11.9 Å². The van der Waals surface area contributed by atoms with Crippen LogP contribution >= 0.6 is 0 Å². The number of aromatic nitrogens is 2. The first-order valence-electron chi connectivity index (χ1n) is 17.6. The van der Waals surface area contributed by atoms with E-state index < -0.39 is 12.0 Å². The van der Waals surface area contributed by atoms with Crippen LogP contribution in [0, 0.1) is 0 Å². The highest BCUT2D eigenvalue weighted by Gasteiger charge is 2.26. The number of rotatable bonds is 19. The molecule has 3 heterocycles. The quantitative estimate of drug-likeness (QED) is 0.0577. The molecule has 1 saturated carbocycles. The average molecular weight is 659 g/mol. The van der Waals surface area contributed by atoms with Gasteiger partial charge >= 0.3 is 5.97 Å². The number of carboxylic acids is 1. The largest absolute Gasteiger partial charge is 0.480 e. The van der Waals surface area contributed by atoms with Crippen LogP contribution in [0.2, 0.25) is 0 Å². The van der Waals surface area contributed by atoms with Gasteiger partial charge in [0.05, 0.1) is 6.54 Å². The van der Waals surface area contributed by atoms with E-state index in [1.165, 1.54) is 32.1 Å². The minimum absolute atomic E-state index is 0.0541. The van der Waals surface area contributed by atoms with Crippen molar-refractivity contribution in [1.82, 2.24) is 30.5 Å². The first-order chi connectivity index (χ1) is 22.8. The summed E-state index contributed by atoms with van der Waals surface area (Å²) < 4.78 is 0. The molecule has 0 spiro atoms. The molecular formula is C32H58N12O3. The van der Waals surface area contributed by atoms with Gasteiger partial charge < -0.3 is 53.1 Å². The fraction of sp³-hybridized carbons (Fsp3) is 0.750. The van der Waals surface area contributed by atoms with E-state index >= 15 is 0 Å². The number of carbonyl (C=O) groups excluding carboxylic acids is 1. The molecule has 2 fully saturated rings. The lowest BCUT2D eigenvalue weighted by Gasteiger charge is -2.33. The van der Waals surface area contributed by atoms with E-state index in [-0.39, 0.29) is 24.8 Å². The Labute approximate surface area is 279 Å². The van der Waals surface area contributed by atoms with E-state index in [2.05, 4.69) is 26.6 Å². The number of hydrogen-bond donors (Lipinski definition) is 9. The molecule has 0 radical (unpaired) electrons. The maximum absolute atomic E-state index is 12.6. The van der Waals surface area contributed by atoms with Crippen molar-refractivity contribution in [2.45, 2.75) is 102 Å². The molecule has 47 heavy (non-hydrogen) atoms. The molecule has 15 heteroatoms. The molecule has 0 unspecified atom stereocenters. The minimum atomic E-state index is -1.08. The van der Waals surface area contributed by atoms with Crippen LogP contribution in [-0.2, 0) is 16.0 Å². The molecule has 1 aliphatic carbocycles. The predicted octanol–water partition coefficient (Wildman–Crippen LogP) is 1.11. The third-order valence-electron chi connectivity index (χ3n) is 9.20. The van der Waals surface area contributed by atoms with Crippen molar-refractivity contribution in [3.63, 3.8) is 0 Å². The number of carbonyl (C=O) groups is 2. The summed E-state index contributed by atoms with van der Waals surface area (Å²) in [5.41, 5.74) is 13.5. The van der Waals surface area contributed by atoms with Gasteiger partial charge in [-0.15, -0.1) is 0 Å². The second-order valence-electron chi connectivity index (χ2n) is 13.1. The van der Waals surface area contributed by atoms with Crippen molar-refractivity contribution in [2.75, 3.05) is 68.3 Å². The summed E-state index contributed by atoms with van der Waals surface area (Å²) in [5, 5.41) is 28.0. The van der Waals surface area contributed by atoms with Gasteiger partial charge in [-0.05, 0) is 77.4 Å². The topological polar surface area (TPSA) is 225 Å². The Morgan fingerprint density at radius 2 is 1.81 bits per heavy atom. The minimum Gasteiger partial charge on any atom is -0.480 e. The zero-order chi connectivity index (χ0) is 33.4. The lowest BCUT2D eigenvalue weighted by atomic mass is 9.95. The number of piperidine rings is 1. The van der Waals surface area contributed by atoms with Gasteiger partial charge in [0.25, 0.3) is 0 Å². The standard InChI is InChI=1S/C32H58N12O3/c33-23(22-44(35)18-6-15-36-14-5-17-37-24-7-2-1-3-8-24)21-39-32-41-29-26(9-4-16-38-29)30(42-32)40-25-12-19-43(20-13-25)28(45)11-10-27(34)31(46)47/h22,24-25,27,36-37H,1-21,33-35H2,(H,46,47)(H3,38,39,40,41,42)/b23-22-/t27-/m0/s1. The van der Waals surface area contributed by atoms with E-state index in [1.807, 2.05) is 0 Å². The number of aliphatic carboxylic acids is 1. The highest BCUT2D eigenvalue weighted by Crippen LogP contribution is 2.29. The van der Waals surface area contributed by atoms with Gasteiger partial charge in [-0.2, -0.15) is 9.97 Å². The predicted molar refractivity (Wildman–Crippen MR) is 186 cm³/mol. The Balaban J connectivity index is 1.16. The summed E-state index contributed by atoms with van der Waals surface area (Å²) >= 11 is 0. The second-order valence-corrected chi connectivity index (χ2v) is 13.1. The first kappa shape index (κ1) is 36.4. The molecule has 1 saturated heterocycles. The van der Waals surface area contributed by atoms with Crippen molar-refractivity contribution in [1.29, 1.82) is 0 Å². The van der Waals surface area contributed by atoms with Crippen molar-refractivity contribution in [3.05, 3.63) is 17.5 Å². The molecule has 3 aliphatic rings. The number of hydrazine groups is 1. The third kappa shape index (κ3) is 12.6. The molecule has 1 atom stereocenters. The Morgan fingerprint density at radius 1 is 1.04 bits per heavy atom. The fourth-order valence-electron chi connectivity index (χ4n) is 6.41. The maximum atomic E-state index is 12.6. The number of hydrogen-bond acceptors (Lipinski definition) is 13. The Hall–Kier alpha value is -3.40. The van der Waals surface area contributed by atoms with Crippen molar-refractivity contribution in [2.24, 2.45) is 17.3 Å². The van der Waals surface area contributed by atoms with Gasteiger partial charge in [-0.1, -0.05) is 19.3 Å². The molecule has 1 aromatic rings. The summed E-state index contributed by atoms with van der Waals surface area (Å²) in [6.45, 7) is 6.08. The van der Waals surface area contributed by atoms with Crippen LogP contribution in [0.3, 0.4) is 0 Å². The van der Waals surface area contributed by atoms with Crippen molar-refractivity contribution in [3.8, 4) is 0 Å². The fourth-order valence-corrected chi connectivity index (χ4v) is 6.41. The van der Waals surface area contributed by atoms with E-state index in [9.17, 15) is 9.59 Å². The Morgan fingerprint density at radius 3 is 2.57 bits per heavy atom. The molecule has 4 rings (SSSR count). The number of likely N-dealkylation sites (tertiary alicyclic amines) is 1. The molecule has 1 amide bonds. The molecule has 0 bridgehead atoms. The molecule has 264 valence electrons. The summed E-state index contributed by atoms with van der Waals surface area (Å²) in [4.78, 5) is 34.8. The van der Waals surface area contributed by atoms with E-state index in [0.717, 1.165) is 87.9 Å². The lowest BCUT2D eigenvalue weighted by Crippen LogP contribution is -2.43. The normalized spacial score (nSPS) is 18.3. The van der Waals surface area contributed by atoms with Crippen molar-refractivity contribution < 1.29 is 14.7 Å². The van der Waals surface area contributed by atoms with Crippen LogP contribution in [0.4, 0.5) is 17.6 Å². The number of nitrogens with two attached hydrogens (primary N) is 3. The van der Waals surface area contributed by atoms with Crippen molar-refractivity contribution >= 4 is 29.5 Å². The number of carboxylic acid groups (broad SMARTS) is 1. The molecule has 15 nitrogen and oxygen atoms in total. The highest BCUT2D eigenvalue weighted by atomic mass is 16.4. The number of nitrogens with zero attached hydrogens (tertiary/aromatic N) is 4. The lowest BCUT2D eigenvalue weighted by molar-refractivity contribution is -0.139. The molecule has 12 N–H and O–H groups in total. The molecule has 2 aliphatic heterocycles. The smallest absolute Gasteiger partial charge is 0.320 e. The molecular weight excluding hydrogens is 600 g/mol. The second kappa shape index (κ2) is 19.4. The number of anilines is 3. The van der Waals surface area contributed by atoms with E-state index in [1.54, 1.807) is 16.1 Å². The summed E-state index contributed by atoms with van der Waals surface area (Å²) in [6, 6.07) is -0.146. The number of fused-ring (bicyclic) bond motifs is 1. The summed E-state index contributed by atoms with van der Waals surface area (Å²) in [5.74, 6) is 7.14. The van der Waals surface area contributed by atoms with Gasteiger partial charge in [-0.3, -0.25) is 9.59 Å². The zero-order valence-electron chi connectivity index (χ0n) is 27.9. The molecule has 0 aromatic carbocycles. The van der Waals surface area contributed by atoms with Gasteiger partial charge in [0.2, 0.25) is 11.9 Å². The third-order valence-corrected chi connectivity index (χ3v) is 9.20. The Kier molecular flexibility index (Phi) is 15.1. The SMILES string of the molecule is N/C(=C\N(N)CCCNCCCNC1CCCCC1)CNc1nc2c(c(NC3CCN(C(=O)CC[C@H](N)C(=O)O)CC3)n1)CCCN2. The highest BCUT2D eigenvalue weighted by molar-refractivity contribution is 5.78. The Bertz CT molecular complexity index is 1150. The van der Waals surface area contributed by atoms with Gasteiger partial charge in [0.15, 0.2) is 0 Å². The van der Waals surface area contributed by atoms with Crippen LogP contribution in [0.5, 0.6) is 0 Å². The summed E-state index contributed by atoms with van der Waals surface area (Å²) in [7, 11) is 0. The zero-order valence-corrected chi connectivity index (χ0v) is 27.9. The van der Waals surface area contributed by atoms with Crippen LogP contribution < -0.4 is 43.9 Å². The van der Waals surface area contributed by atoms with Gasteiger partial charge in [-0.25, -0.2) is 5.84 Å². The average Bonchev–Trinajstić information content (AvgIpc) is 3.08. The van der Waals surface area contributed by atoms with Crippen LogP contribution in [-0.4, -0.2) is 107 Å². The van der Waals surface area contributed by atoms with E-state index in [0.29, 0.717) is 37.8 Å². The first-order valence-corrected chi connectivity index (χ1v) is 17.6. The van der Waals surface area contributed by atoms with Crippen LogP contribution in [0.1, 0.15) is 82.6 Å². The maximum Gasteiger partial charge on any atom is 0.320 e. The van der Waals surface area contributed by atoms with Gasteiger partial charge in [0.1, 0.15) is 17.7 Å². The number of amides is 1. The number of nitrogens with one attached hydrogen (secondary N) is 5.